The van der Waals surface area contributed by atoms with Crippen LogP contribution in [0.1, 0.15) is 73.6 Å². The van der Waals surface area contributed by atoms with Crippen molar-refractivity contribution in [2.45, 2.75) is 73.6 Å². The van der Waals surface area contributed by atoms with Gasteiger partial charge in [0.1, 0.15) is 0 Å². The van der Waals surface area contributed by atoms with E-state index in [9.17, 15) is 0 Å². The maximum Gasteiger partial charge on any atom is -0.0363 e. The van der Waals surface area contributed by atoms with Crippen molar-refractivity contribution in [3.8, 4) is 0 Å². The zero-order chi connectivity index (χ0) is 11.8. The molecule has 0 nitrogen and oxygen atoms in total. The molecule has 0 fully saturated rings. The van der Waals surface area contributed by atoms with E-state index in [1.807, 2.05) is 0 Å². The predicted molar refractivity (Wildman–Crippen MR) is 71.1 cm³/mol. The Labute approximate surface area is 97.8 Å². The van der Waals surface area contributed by atoms with E-state index in [0.717, 1.165) is 23.7 Å². The second-order valence-electron chi connectivity index (χ2n) is 5.84. The molecule has 0 heterocycles. The Bertz CT molecular complexity index is 135. The van der Waals surface area contributed by atoms with Crippen LogP contribution in [0, 0.1) is 23.7 Å². The maximum atomic E-state index is 2.40. The Kier molecular flexibility index (Phi) is 8.19. The Balaban J connectivity index is 4.18. The molecule has 0 amide bonds. The standard InChI is InChI=1S/C15H32/c1-7-9-15(13(5)6)14(8-2)11-10-12(3)4/h12-15H,7-11H2,1-6H3. The summed E-state index contributed by atoms with van der Waals surface area (Å²) < 4.78 is 0. The third-order valence-corrected chi connectivity index (χ3v) is 3.72. The molecular formula is C15H32. The van der Waals surface area contributed by atoms with Gasteiger partial charge in [0.2, 0.25) is 0 Å². The van der Waals surface area contributed by atoms with Gasteiger partial charge < -0.3 is 0 Å². The molecule has 0 aliphatic rings. The van der Waals surface area contributed by atoms with Gasteiger partial charge in [0.05, 0.1) is 0 Å². The molecule has 0 aromatic heterocycles. The minimum Gasteiger partial charge on any atom is -0.0654 e. The highest BCUT2D eigenvalue weighted by Gasteiger charge is 2.22. The molecule has 0 radical (unpaired) electrons. The topological polar surface area (TPSA) is 0 Å². The second kappa shape index (κ2) is 8.19. The lowest BCUT2D eigenvalue weighted by Crippen LogP contribution is -2.20. The van der Waals surface area contributed by atoms with Gasteiger partial charge in [0.15, 0.2) is 0 Å². The summed E-state index contributed by atoms with van der Waals surface area (Å²) in [4.78, 5) is 0. The second-order valence-corrected chi connectivity index (χ2v) is 5.84. The molecule has 0 aliphatic heterocycles. The monoisotopic (exact) mass is 212 g/mol. The van der Waals surface area contributed by atoms with Gasteiger partial charge in [-0.15, -0.1) is 0 Å². The van der Waals surface area contributed by atoms with Gasteiger partial charge in [-0.1, -0.05) is 67.2 Å². The smallest absolute Gasteiger partial charge is 0.0363 e. The van der Waals surface area contributed by atoms with Crippen LogP contribution in [0.3, 0.4) is 0 Å². The van der Waals surface area contributed by atoms with Crippen LogP contribution >= 0.6 is 0 Å². The van der Waals surface area contributed by atoms with Crippen molar-refractivity contribution in [1.29, 1.82) is 0 Å². The highest BCUT2D eigenvalue weighted by Crippen LogP contribution is 2.32. The summed E-state index contributed by atoms with van der Waals surface area (Å²) in [6.45, 7) is 14.2. The van der Waals surface area contributed by atoms with Crippen molar-refractivity contribution >= 4 is 0 Å². The lowest BCUT2D eigenvalue weighted by molar-refractivity contribution is 0.207. The molecular weight excluding hydrogens is 180 g/mol. The van der Waals surface area contributed by atoms with Crippen LogP contribution in [-0.2, 0) is 0 Å². The van der Waals surface area contributed by atoms with Crippen LogP contribution < -0.4 is 0 Å². The van der Waals surface area contributed by atoms with E-state index >= 15 is 0 Å². The Hall–Kier alpha value is 0. The van der Waals surface area contributed by atoms with Crippen molar-refractivity contribution < 1.29 is 0 Å². The minimum absolute atomic E-state index is 0.863. The third-order valence-electron chi connectivity index (χ3n) is 3.72. The molecule has 0 saturated heterocycles. The van der Waals surface area contributed by atoms with Gasteiger partial charge in [-0.3, -0.25) is 0 Å². The average molecular weight is 212 g/mol. The first-order chi connectivity index (χ1) is 7.02. The fourth-order valence-electron chi connectivity index (χ4n) is 2.72. The molecule has 92 valence electrons. The molecule has 2 atom stereocenters. The highest BCUT2D eigenvalue weighted by atomic mass is 14.3. The summed E-state index contributed by atoms with van der Waals surface area (Å²) >= 11 is 0. The van der Waals surface area contributed by atoms with E-state index in [1.165, 1.54) is 32.1 Å². The zero-order valence-electron chi connectivity index (χ0n) is 11.8. The fourth-order valence-corrected chi connectivity index (χ4v) is 2.72. The van der Waals surface area contributed by atoms with Crippen molar-refractivity contribution in [2.75, 3.05) is 0 Å². The molecule has 0 bridgehead atoms. The summed E-state index contributed by atoms with van der Waals surface area (Å²) in [7, 11) is 0. The average Bonchev–Trinajstić information content (AvgIpc) is 2.16. The van der Waals surface area contributed by atoms with E-state index in [1.54, 1.807) is 0 Å². The Morgan fingerprint density at radius 3 is 1.73 bits per heavy atom. The normalized spacial score (nSPS) is 16.0. The van der Waals surface area contributed by atoms with Crippen LogP contribution in [0.4, 0.5) is 0 Å². The molecule has 0 aliphatic carbocycles. The largest absolute Gasteiger partial charge is 0.0654 e. The van der Waals surface area contributed by atoms with Crippen LogP contribution in [0.5, 0.6) is 0 Å². The predicted octanol–water partition coefficient (Wildman–Crippen LogP) is 5.52. The van der Waals surface area contributed by atoms with E-state index in [4.69, 9.17) is 0 Å². The third kappa shape index (κ3) is 6.22. The molecule has 0 heteroatoms. The van der Waals surface area contributed by atoms with Gasteiger partial charge in [-0.2, -0.15) is 0 Å². The maximum absolute atomic E-state index is 2.40. The summed E-state index contributed by atoms with van der Waals surface area (Å²) in [5.41, 5.74) is 0. The van der Waals surface area contributed by atoms with Crippen molar-refractivity contribution in [1.82, 2.24) is 0 Å². The molecule has 0 aromatic rings. The Morgan fingerprint density at radius 1 is 0.800 bits per heavy atom. The van der Waals surface area contributed by atoms with Crippen molar-refractivity contribution in [2.24, 2.45) is 23.7 Å². The first kappa shape index (κ1) is 15.0. The van der Waals surface area contributed by atoms with Crippen LogP contribution in [0.2, 0.25) is 0 Å². The fraction of sp³-hybridized carbons (Fsp3) is 1.00. The molecule has 15 heavy (non-hydrogen) atoms. The molecule has 0 aromatic carbocycles. The van der Waals surface area contributed by atoms with Crippen LogP contribution in [0.15, 0.2) is 0 Å². The van der Waals surface area contributed by atoms with Gasteiger partial charge in [0, 0.05) is 0 Å². The molecule has 0 spiro atoms. The SMILES string of the molecule is CCCC(C(C)C)C(CC)CCC(C)C. The lowest BCUT2D eigenvalue weighted by atomic mass is 9.76. The number of rotatable bonds is 8. The Morgan fingerprint density at radius 2 is 1.40 bits per heavy atom. The first-order valence-corrected chi connectivity index (χ1v) is 7.02. The minimum atomic E-state index is 0.863. The van der Waals surface area contributed by atoms with Gasteiger partial charge in [-0.05, 0) is 30.1 Å². The van der Waals surface area contributed by atoms with Gasteiger partial charge in [-0.25, -0.2) is 0 Å². The number of hydrogen-bond donors (Lipinski definition) is 0. The number of hydrogen-bond acceptors (Lipinski definition) is 0. The van der Waals surface area contributed by atoms with Gasteiger partial charge in [0.25, 0.3) is 0 Å². The van der Waals surface area contributed by atoms with Crippen LogP contribution in [-0.4, -0.2) is 0 Å². The molecule has 0 saturated carbocycles. The molecule has 2 unspecified atom stereocenters. The lowest BCUT2D eigenvalue weighted by Gasteiger charge is -2.30. The van der Waals surface area contributed by atoms with E-state index in [-0.39, 0.29) is 0 Å². The quantitative estimate of drug-likeness (QED) is 0.497. The summed E-state index contributed by atoms with van der Waals surface area (Å²) in [5.74, 6) is 3.65. The van der Waals surface area contributed by atoms with E-state index in [2.05, 4.69) is 41.5 Å². The summed E-state index contributed by atoms with van der Waals surface area (Å²) in [6.07, 6.45) is 6.99. The van der Waals surface area contributed by atoms with Crippen LogP contribution in [0.25, 0.3) is 0 Å². The summed E-state index contributed by atoms with van der Waals surface area (Å²) in [6, 6.07) is 0. The van der Waals surface area contributed by atoms with E-state index < -0.39 is 0 Å². The summed E-state index contributed by atoms with van der Waals surface area (Å²) in [5, 5.41) is 0. The highest BCUT2D eigenvalue weighted by molar-refractivity contribution is 4.72. The van der Waals surface area contributed by atoms with E-state index in [0.29, 0.717) is 0 Å². The van der Waals surface area contributed by atoms with Crippen molar-refractivity contribution in [3.05, 3.63) is 0 Å². The van der Waals surface area contributed by atoms with Gasteiger partial charge >= 0.3 is 0 Å². The zero-order valence-corrected chi connectivity index (χ0v) is 11.8. The first-order valence-electron chi connectivity index (χ1n) is 7.02. The molecule has 0 rings (SSSR count). The van der Waals surface area contributed by atoms with Crippen molar-refractivity contribution in [3.63, 3.8) is 0 Å². The molecule has 0 N–H and O–H groups in total.